The Kier molecular flexibility index (Phi) is 7.67. The highest BCUT2D eigenvalue weighted by Crippen LogP contribution is 2.30. The zero-order valence-electron chi connectivity index (χ0n) is 19.9. The highest BCUT2D eigenvalue weighted by atomic mass is 16.5. The minimum absolute atomic E-state index is 0.0903. The van der Waals surface area contributed by atoms with Crippen molar-refractivity contribution in [2.75, 3.05) is 39.2 Å². The third-order valence-electron chi connectivity index (χ3n) is 6.07. The second-order valence-electron chi connectivity index (χ2n) is 8.48. The molecule has 2 heterocycles. The number of anilines is 1. The second kappa shape index (κ2) is 11.1. The lowest BCUT2D eigenvalue weighted by Crippen LogP contribution is -2.41. The van der Waals surface area contributed by atoms with Crippen LogP contribution in [0, 0.1) is 0 Å². The fourth-order valence-corrected chi connectivity index (χ4v) is 4.29. The van der Waals surface area contributed by atoms with E-state index in [2.05, 4.69) is 16.0 Å². The molecule has 0 spiro atoms. The number of rotatable bonds is 10. The van der Waals surface area contributed by atoms with Crippen LogP contribution < -0.4 is 20.7 Å². The van der Waals surface area contributed by atoms with Gasteiger partial charge in [0, 0.05) is 49.6 Å². The number of amides is 3. The summed E-state index contributed by atoms with van der Waals surface area (Å²) in [5.74, 6) is 0.413. The molecule has 0 saturated carbocycles. The zero-order chi connectivity index (χ0) is 24.8. The van der Waals surface area contributed by atoms with Gasteiger partial charge in [-0.05, 0) is 48.4 Å². The van der Waals surface area contributed by atoms with Gasteiger partial charge in [-0.3, -0.25) is 14.4 Å². The lowest BCUT2D eigenvalue weighted by molar-refractivity contribution is -0.122. The normalized spacial score (nSPS) is 14.8. The molecule has 184 valence electrons. The number of benzene rings is 2. The van der Waals surface area contributed by atoms with Gasteiger partial charge in [-0.1, -0.05) is 12.1 Å². The molecule has 3 N–H and O–H groups in total. The van der Waals surface area contributed by atoms with E-state index in [1.807, 2.05) is 47.0 Å². The summed E-state index contributed by atoms with van der Waals surface area (Å²) in [6.45, 7) is 1.26. The van der Waals surface area contributed by atoms with Crippen LogP contribution in [0.3, 0.4) is 0 Å². The van der Waals surface area contributed by atoms with Gasteiger partial charge in [0.25, 0.3) is 5.91 Å². The van der Waals surface area contributed by atoms with Crippen molar-refractivity contribution in [1.29, 1.82) is 0 Å². The van der Waals surface area contributed by atoms with E-state index in [9.17, 15) is 14.4 Å². The first-order chi connectivity index (χ1) is 17.0. The van der Waals surface area contributed by atoms with Crippen molar-refractivity contribution < 1.29 is 23.9 Å². The maximum atomic E-state index is 12.5. The van der Waals surface area contributed by atoms with Gasteiger partial charge < -0.3 is 30.0 Å². The van der Waals surface area contributed by atoms with E-state index in [1.54, 1.807) is 20.3 Å². The summed E-state index contributed by atoms with van der Waals surface area (Å²) in [7, 11) is 3.20. The first kappa shape index (κ1) is 24.3. The predicted molar refractivity (Wildman–Crippen MR) is 133 cm³/mol. The molecule has 3 amide bonds. The molecule has 1 aromatic heterocycles. The molecule has 0 saturated heterocycles. The van der Waals surface area contributed by atoms with E-state index >= 15 is 0 Å². The van der Waals surface area contributed by atoms with Gasteiger partial charge >= 0.3 is 0 Å². The van der Waals surface area contributed by atoms with Crippen molar-refractivity contribution in [3.05, 3.63) is 59.8 Å². The van der Waals surface area contributed by atoms with E-state index in [-0.39, 0.29) is 30.2 Å². The monoisotopic (exact) mass is 478 g/mol. The number of nitrogens with one attached hydrogen (secondary N) is 3. The first-order valence-electron chi connectivity index (χ1n) is 11.6. The molecule has 0 aliphatic carbocycles. The van der Waals surface area contributed by atoms with Gasteiger partial charge in [0.2, 0.25) is 11.8 Å². The van der Waals surface area contributed by atoms with Crippen LogP contribution in [0.25, 0.3) is 10.9 Å². The number of carbonyl (C=O) groups excluding carboxylic acids is 3. The summed E-state index contributed by atoms with van der Waals surface area (Å²) in [5.41, 5.74) is 3.07. The Hall–Kier alpha value is -3.85. The van der Waals surface area contributed by atoms with Gasteiger partial charge in [0.05, 0.1) is 19.8 Å². The Morgan fingerprint density at radius 1 is 1.09 bits per heavy atom. The fourth-order valence-electron chi connectivity index (χ4n) is 4.29. The molecule has 0 radical (unpaired) electrons. The van der Waals surface area contributed by atoms with Crippen LogP contribution in [-0.4, -0.2) is 56.2 Å². The Balaban J connectivity index is 1.44. The minimum atomic E-state index is -0.201. The number of methoxy groups -OCH3 is 2. The van der Waals surface area contributed by atoms with Gasteiger partial charge in [0.1, 0.15) is 11.4 Å². The highest BCUT2D eigenvalue weighted by Gasteiger charge is 2.28. The number of fused-ring (bicyclic) bond motifs is 3. The molecule has 3 aromatic rings. The molecule has 0 fully saturated rings. The quantitative estimate of drug-likeness (QED) is 0.388. The van der Waals surface area contributed by atoms with Crippen LogP contribution in [0.2, 0.25) is 0 Å². The summed E-state index contributed by atoms with van der Waals surface area (Å²) in [6, 6.07) is 14.8. The van der Waals surface area contributed by atoms with Crippen LogP contribution in [0.15, 0.2) is 48.5 Å². The molecule has 2 aromatic carbocycles. The largest absolute Gasteiger partial charge is 0.497 e. The third-order valence-corrected chi connectivity index (χ3v) is 6.07. The number of nitrogens with zero attached hydrogens (tertiary/aromatic N) is 1. The molecule has 35 heavy (non-hydrogen) atoms. The van der Waals surface area contributed by atoms with E-state index in [1.165, 1.54) is 0 Å². The van der Waals surface area contributed by atoms with Crippen LogP contribution in [0.5, 0.6) is 5.75 Å². The van der Waals surface area contributed by atoms with Crippen molar-refractivity contribution >= 4 is 34.3 Å². The summed E-state index contributed by atoms with van der Waals surface area (Å²) in [5, 5.41) is 9.47. The maximum Gasteiger partial charge on any atom is 0.268 e. The smallest absolute Gasteiger partial charge is 0.268 e. The molecule has 1 aliphatic heterocycles. The molecular weight excluding hydrogens is 448 g/mol. The van der Waals surface area contributed by atoms with Gasteiger partial charge in [-0.2, -0.15) is 0 Å². The molecule has 9 nitrogen and oxygen atoms in total. The van der Waals surface area contributed by atoms with Crippen molar-refractivity contribution in [3.63, 3.8) is 0 Å². The lowest BCUT2D eigenvalue weighted by Gasteiger charge is -2.27. The van der Waals surface area contributed by atoms with Crippen LogP contribution in [-0.2, 0) is 20.7 Å². The van der Waals surface area contributed by atoms with E-state index < -0.39 is 0 Å². The second-order valence-corrected chi connectivity index (χ2v) is 8.48. The maximum absolute atomic E-state index is 12.5. The standard InChI is InChI=1S/C26H30N4O5/c1-34-12-11-27-25(32)15-20-16-28-26(33)23-14-18-13-19(6-9-22(18)30(20)23)29-24(31)10-5-17-3-7-21(35-2)8-4-17/h3-4,6-9,13-14,20H,5,10-12,15-16H2,1-2H3,(H,27,32)(H,28,33)(H,29,31). The van der Waals surface area contributed by atoms with E-state index in [0.29, 0.717) is 43.9 Å². The number of aryl methyl sites for hydroxylation is 1. The molecule has 1 aliphatic rings. The molecule has 4 rings (SSSR count). The van der Waals surface area contributed by atoms with Gasteiger partial charge in [-0.15, -0.1) is 0 Å². The van der Waals surface area contributed by atoms with E-state index in [0.717, 1.165) is 22.2 Å². The summed E-state index contributed by atoms with van der Waals surface area (Å²) >= 11 is 0. The Labute approximate surface area is 203 Å². The first-order valence-corrected chi connectivity index (χ1v) is 11.6. The van der Waals surface area contributed by atoms with Crippen molar-refractivity contribution in [1.82, 2.24) is 15.2 Å². The topological polar surface area (TPSA) is 111 Å². The van der Waals surface area contributed by atoms with Gasteiger partial charge in [0.15, 0.2) is 0 Å². The average molecular weight is 479 g/mol. The predicted octanol–water partition coefficient (Wildman–Crippen LogP) is 2.66. The Morgan fingerprint density at radius 2 is 1.89 bits per heavy atom. The number of hydrogen-bond donors (Lipinski definition) is 3. The van der Waals surface area contributed by atoms with Crippen LogP contribution in [0.1, 0.15) is 34.9 Å². The summed E-state index contributed by atoms with van der Waals surface area (Å²) in [6.07, 6.45) is 1.21. The van der Waals surface area contributed by atoms with Crippen molar-refractivity contribution in [3.8, 4) is 5.75 Å². The minimum Gasteiger partial charge on any atom is -0.497 e. The lowest BCUT2D eigenvalue weighted by atomic mass is 10.1. The van der Waals surface area contributed by atoms with E-state index in [4.69, 9.17) is 9.47 Å². The number of aromatic nitrogens is 1. The van der Waals surface area contributed by atoms with Crippen LogP contribution in [0.4, 0.5) is 5.69 Å². The molecule has 1 unspecified atom stereocenters. The molecule has 0 bridgehead atoms. The third kappa shape index (κ3) is 5.81. The number of hydrogen-bond acceptors (Lipinski definition) is 5. The SMILES string of the molecule is COCCNC(=O)CC1CNC(=O)c2cc3cc(NC(=O)CCc4ccc(OC)cc4)ccc3n21. The van der Waals surface area contributed by atoms with Crippen LogP contribution >= 0.6 is 0 Å². The van der Waals surface area contributed by atoms with Crippen molar-refractivity contribution in [2.24, 2.45) is 0 Å². The zero-order valence-corrected chi connectivity index (χ0v) is 19.9. The molecule has 9 heteroatoms. The number of ether oxygens (including phenoxy) is 2. The van der Waals surface area contributed by atoms with Gasteiger partial charge in [-0.25, -0.2) is 0 Å². The Morgan fingerprint density at radius 3 is 2.63 bits per heavy atom. The van der Waals surface area contributed by atoms with Crippen molar-refractivity contribution in [2.45, 2.75) is 25.3 Å². The summed E-state index contributed by atoms with van der Waals surface area (Å²) < 4.78 is 12.0. The molecule has 1 atom stereocenters. The Bertz CT molecular complexity index is 1220. The molecular formula is C26H30N4O5. The highest BCUT2D eigenvalue weighted by molar-refractivity contribution is 6.01. The fraction of sp³-hybridized carbons (Fsp3) is 0.346. The average Bonchev–Trinajstić information content (AvgIpc) is 3.25. The number of carbonyl (C=O) groups is 3. The summed E-state index contributed by atoms with van der Waals surface area (Å²) in [4.78, 5) is 37.4.